The molecule has 4 aromatic rings. The molecule has 2 aliphatic heterocycles. The third-order valence-corrected chi connectivity index (χ3v) is 9.59. The standard InChI is InChI=1S/C37H38O4/c1-37(2)36-30-21-29(40-32-19-27(38)17-25(34(30)32)15-13-23-9-5-3-6-10-23)22-31(36)35-26(18-28(39)20-33(35)41-37)16-14-24-11-7-4-8-12-24/h3-12,17-20,29-31,36,38-39H,13-16,21-22H2,1-2H3. The van der Waals surface area contributed by atoms with Crippen LogP contribution in [0, 0.1) is 5.92 Å². The van der Waals surface area contributed by atoms with E-state index in [0.717, 1.165) is 50.0 Å². The van der Waals surface area contributed by atoms with Gasteiger partial charge in [0, 0.05) is 29.2 Å². The lowest BCUT2D eigenvalue weighted by atomic mass is 9.57. The fourth-order valence-electron chi connectivity index (χ4n) is 8.05. The van der Waals surface area contributed by atoms with Crippen molar-refractivity contribution in [2.75, 3.05) is 0 Å². The van der Waals surface area contributed by atoms with E-state index in [0.29, 0.717) is 0 Å². The molecule has 2 bridgehead atoms. The molecular weight excluding hydrogens is 508 g/mol. The predicted molar refractivity (Wildman–Crippen MR) is 161 cm³/mol. The van der Waals surface area contributed by atoms with Crippen molar-refractivity contribution in [1.29, 1.82) is 0 Å². The van der Waals surface area contributed by atoms with Gasteiger partial charge in [-0.05, 0) is 98.6 Å². The number of rotatable bonds is 6. The summed E-state index contributed by atoms with van der Waals surface area (Å²) in [6.45, 7) is 4.42. The van der Waals surface area contributed by atoms with Crippen LogP contribution in [0.1, 0.15) is 71.9 Å². The van der Waals surface area contributed by atoms with Crippen molar-refractivity contribution in [3.05, 3.63) is 118 Å². The molecule has 4 atom stereocenters. The van der Waals surface area contributed by atoms with Gasteiger partial charge in [0.2, 0.25) is 0 Å². The molecule has 41 heavy (non-hydrogen) atoms. The second-order valence-electron chi connectivity index (χ2n) is 12.7. The Morgan fingerprint density at radius 2 is 1.15 bits per heavy atom. The van der Waals surface area contributed by atoms with Gasteiger partial charge in [-0.1, -0.05) is 60.7 Å². The molecule has 3 aliphatic rings. The van der Waals surface area contributed by atoms with Crippen LogP contribution in [0.25, 0.3) is 0 Å². The predicted octanol–water partition coefficient (Wildman–Crippen LogP) is 7.88. The van der Waals surface area contributed by atoms with Gasteiger partial charge in [-0.3, -0.25) is 0 Å². The van der Waals surface area contributed by atoms with E-state index in [1.165, 1.54) is 33.4 Å². The zero-order valence-electron chi connectivity index (χ0n) is 23.8. The van der Waals surface area contributed by atoms with E-state index in [4.69, 9.17) is 9.47 Å². The van der Waals surface area contributed by atoms with E-state index < -0.39 is 5.60 Å². The summed E-state index contributed by atoms with van der Waals surface area (Å²) in [5, 5.41) is 21.4. The van der Waals surface area contributed by atoms with E-state index in [9.17, 15) is 10.2 Å². The van der Waals surface area contributed by atoms with Crippen LogP contribution in [0.4, 0.5) is 0 Å². The van der Waals surface area contributed by atoms with E-state index >= 15 is 0 Å². The summed E-state index contributed by atoms with van der Waals surface area (Å²) < 4.78 is 13.5. The highest BCUT2D eigenvalue weighted by molar-refractivity contribution is 5.55. The summed E-state index contributed by atoms with van der Waals surface area (Å²) >= 11 is 0. The normalized spacial score (nSPS) is 23.4. The Balaban J connectivity index is 1.28. The Morgan fingerprint density at radius 3 is 1.68 bits per heavy atom. The minimum Gasteiger partial charge on any atom is -0.508 e. The second kappa shape index (κ2) is 10.2. The van der Waals surface area contributed by atoms with Gasteiger partial charge in [-0.15, -0.1) is 0 Å². The molecule has 4 unspecified atom stereocenters. The van der Waals surface area contributed by atoms with Crippen LogP contribution in [0.3, 0.4) is 0 Å². The minimum atomic E-state index is -0.430. The number of aryl methyl sites for hydroxylation is 4. The average molecular weight is 547 g/mol. The summed E-state index contributed by atoms with van der Waals surface area (Å²) in [4.78, 5) is 0. The number of hydrogen-bond acceptors (Lipinski definition) is 4. The van der Waals surface area contributed by atoms with E-state index in [1.807, 2.05) is 36.4 Å². The van der Waals surface area contributed by atoms with Gasteiger partial charge in [-0.2, -0.15) is 0 Å². The summed E-state index contributed by atoms with van der Waals surface area (Å²) in [7, 11) is 0. The maximum absolute atomic E-state index is 10.7. The molecule has 1 fully saturated rings. The summed E-state index contributed by atoms with van der Waals surface area (Å²) in [6.07, 6.45) is 5.44. The molecule has 210 valence electrons. The molecule has 4 aromatic carbocycles. The van der Waals surface area contributed by atoms with Crippen LogP contribution < -0.4 is 9.47 Å². The summed E-state index contributed by atoms with van der Waals surface area (Å²) in [5.41, 5.74) is 6.98. The Bertz CT molecular complexity index is 1560. The van der Waals surface area contributed by atoms with Crippen molar-refractivity contribution in [2.45, 2.75) is 75.9 Å². The average Bonchev–Trinajstić information content (AvgIpc) is 2.94. The highest BCUT2D eigenvalue weighted by Gasteiger charge is 2.55. The number of ether oxygens (including phenoxy) is 2. The zero-order valence-corrected chi connectivity index (χ0v) is 23.8. The SMILES string of the molecule is CC1(C)Oc2cc(O)cc(CCc3ccccc3)c2C2CC3CC(c4c(CCc5ccccc5)cc(O)cc4O3)C21. The minimum absolute atomic E-state index is 0.0787. The number of hydrogen-bond donors (Lipinski definition) is 2. The van der Waals surface area contributed by atoms with Crippen LogP contribution in [-0.2, 0) is 25.7 Å². The molecule has 1 saturated carbocycles. The van der Waals surface area contributed by atoms with Gasteiger partial charge < -0.3 is 19.7 Å². The molecule has 7 rings (SSSR count). The summed E-state index contributed by atoms with van der Waals surface area (Å²) in [6, 6.07) is 28.6. The highest BCUT2D eigenvalue weighted by Crippen LogP contribution is 2.61. The van der Waals surface area contributed by atoms with Crippen LogP contribution in [0.2, 0.25) is 0 Å². The molecule has 2 heterocycles. The number of aromatic hydroxyl groups is 2. The Morgan fingerprint density at radius 1 is 0.659 bits per heavy atom. The quantitative estimate of drug-likeness (QED) is 0.258. The van der Waals surface area contributed by atoms with Gasteiger partial charge in [0.25, 0.3) is 0 Å². The van der Waals surface area contributed by atoms with E-state index in [2.05, 4.69) is 62.4 Å². The van der Waals surface area contributed by atoms with E-state index in [-0.39, 0.29) is 35.4 Å². The smallest absolute Gasteiger partial charge is 0.127 e. The molecule has 0 spiro atoms. The van der Waals surface area contributed by atoms with Crippen molar-refractivity contribution in [2.24, 2.45) is 5.92 Å². The number of phenols is 2. The van der Waals surface area contributed by atoms with Crippen molar-refractivity contribution in [3.8, 4) is 23.0 Å². The monoisotopic (exact) mass is 546 g/mol. The Hall–Kier alpha value is -3.92. The lowest BCUT2D eigenvalue weighted by Crippen LogP contribution is -2.53. The third kappa shape index (κ3) is 4.84. The van der Waals surface area contributed by atoms with Crippen molar-refractivity contribution in [3.63, 3.8) is 0 Å². The fraction of sp³-hybridized carbons (Fsp3) is 0.351. The largest absolute Gasteiger partial charge is 0.508 e. The van der Waals surface area contributed by atoms with Crippen LogP contribution in [-0.4, -0.2) is 21.9 Å². The number of fused-ring (bicyclic) bond motifs is 8. The topological polar surface area (TPSA) is 58.9 Å². The maximum atomic E-state index is 10.7. The van der Waals surface area contributed by atoms with Crippen molar-refractivity contribution in [1.82, 2.24) is 0 Å². The van der Waals surface area contributed by atoms with E-state index in [1.54, 1.807) is 0 Å². The molecule has 0 aromatic heterocycles. The first-order chi connectivity index (χ1) is 19.9. The lowest BCUT2D eigenvalue weighted by Gasteiger charge is -2.55. The second-order valence-corrected chi connectivity index (χ2v) is 12.7. The molecular formula is C37H38O4. The first-order valence-electron chi connectivity index (χ1n) is 15.0. The third-order valence-electron chi connectivity index (χ3n) is 9.59. The van der Waals surface area contributed by atoms with Crippen LogP contribution in [0.15, 0.2) is 84.9 Å². The Labute approximate surface area is 242 Å². The van der Waals surface area contributed by atoms with Gasteiger partial charge in [0.15, 0.2) is 0 Å². The van der Waals surface area contributed by atoms with Gasteiger partial charge in [0.1, 0.15) is 28.6 Å². The molecule has 0 radical (unpaired) electrons. The Kier molecular flexibility index (Phi) is 6.45. The first-order valence-corrected chi connectivity index (χ1v) is 15.0. The number of phenolic OH excluding ortho intramolecular Hbond substituents is 2. The molecule has 4 nitrogen and oxygen atoms in total. The lowest BCUT2D eigenvalue weighted by molar-refractivity contribution is -0.0486. The van der Waals surface area contributed by atoms with Gasteiger partial charge >= 0.3 is 0 Å². The van der Waals surface area contributed by atoms with Gasteiger partial charge in [-0.25, -0.2) is 0 Å². The van der Waals surface area contributed by atoms with Gasteiger partial charge in [0.05, 0.1) is 6.10 Å². The molecule has 2 N–H and O–H groups in total. The van der Waals surface area contributed by atoms with Crippen LogP contribution in [0.5, 0.6) is 23.0 Å². The molecule has 4 heteroatoms. The van der Waals surface area contributed by atoms with Crippen molar-refractivity contribution < 1.29 is 19.7 Å². The van der Waals surface area contributed by atoms with Crippen LogP contribution >= 0.6 is 0 Å². The first kappa shape index (κ1) is 26.0. The summed E-state index contributed by atoms with van der Waals surface area (Å²) in [5.74, 6) is 2.94. The zero-order chi connectivity index (χ0) is 28.1. The molecule has 1 aliphatic carbocycles. The molecule has 0 amide bonds. The molecule has 0 saturated heterocycles. The highest BCUT2D eigenvalue weighted by atomic mass is 16.5. The maximum Gasteiger partial charge on any atom is 0.127 e. The number of benzene rings is 4. The fourth-order valence-corrected chi connectivity index (χ4v) is 8.05. The van der Waals surface area contributed by atoms with Crippen molar-refractivity contribution >= 4 is 0 Å².